The zero-order valence-corrected chi connectivity index (χ0v) is 17.0. The van der Waals surface area contributed by atoms with Crippen molar-refractivity contribution < 1.29 is 18.3 Å². The molecule has 0 aliphatic carbocycles. The van der Waals surface area contributed by atoms with Crippen molar-refractivity contribution in [2.24, 2.45) is 0 Å². The molecule has 0 aliphatic heterocycles. The monoisotopic (exact) mass is 418 g/mol. The lowest BCUT2D eigenvalue weighted by Crippen LogP contribution is -2.39. The summed E-state index contributed by atoms with van der Waals surface area (Å²) < 4.78 is 23.8. The summed E-state index contributed by atoms with van der Waals surface area (Å²) in [5.41, 5.74) is 0.716. The van der Waals surface area contributed by atoms with Crippen LogP contribution in [0.2, 0.25) is 5.02 Å². The lowest BCUT2D eigenvalue weighted by atomic mass is 10.2. The van der Waals surface area contributed by atoms with Crippen molar-refractivity contribution in [1.29, 1.82) is 0 Å². The molecule has 1 heterocycles. The van der Waals surface area contributed by atoms with Crippen molar-refractivity contribution >= 4 is 43.1 Å². The quantitative estimate of drug-likeness (QED) is 0.624. The lowest BCUT2D eigenvalue weighted by molar-refractivity contribution is 0.222. The molecule has 1 unspecified atom stereocenters. The number of hydrogen-bond acceptors (Lipinski definition) is 5. The normalized spacial score (nSPS) is 13.3. The summed E-state index contributed by atoms with van der Waals surface area (Å²) in [5, 5.41) is 17.0. The zero-order chi connectivity index (χ0) is 19.5. The van der Waals surface area contributed by atoms with Gasteiger partial charge in [-0.2, -0.15) is 4.98 Å². The van der Waals surface area contributed by atoms with Crippen molar-refractivity contribution in [3.05, 3.63) is 34.3 Å². The van der Waals surface area contributed by atoms with E-state index in [1.165, 1.54) is 12.1 Å². The third kappa shape index (κ3) is 4.94. The van der Waals surface area contributed by atoms with E-state index in [1.807, 2.05) is 12.3 Å². The molecule has 1 aromatic carbocycles. The molecule has 0 spiro atoms. The number of hydrogen-bond donors (Lipinski definition) is 3. The first-order chi connectivity index (χ1) is 12.2. The number of rotatable bonds is 6. The fourth-order valence-electron chi connectivity index (χ4n) is 2.22. The van der Waals surface area contributed by atoms with Crippen molar-refractivity contribution in [2.75, 3.05) is 18.2 Å². The molecule has 10 heteroatoms. The van der Waals surface area contributed by atoms with E-state index in [4.69, 9.17) is 11.6 Å². The molecule has 0 saturated carbocycles. The van der Waals surface area contributed by atoms with Gasteiger partial charge in [-0.15, -0.1) is 0 Å². The van der Waals surface area contributed by atoms with Crippen molar-refractivity contribution in [1.82, 2.24) is 10.3 Å². The van der Waals surface area contributed by atoms with E-state index >= 15 is 0 Å². The highest BCUT2D eigenvalue weighted by molar-refractivity contribution is 7.90. The molecule has 3 N–H and O–H groups in total. The van der Waals surface area contributed by atoms with Crippen molar-refractivity contribution in [3.8, 4) is 4.90 Å². The van der Waals surface area contributed by atoms with Gasteiger partial charge in [0.05, 0.1) is 38.7 Å². The summed E-state index contributed by atoms with van der Waals surface area (Å²) in [7, 11) is -4.20. The van der Waals surface area contributed by atoms with Crippen LogP contribution in [0, 0.1) is 6.92 Å². The van der Waals surface area contributed by atoms with Crippen LogP contribution in [0.15, 0.2) is 28.5 Å². The van der Waals surface area contributed by atoms with E-state index in [1.54, 1.807) is 13.0 Å². The van der Waals surface area contributed by atoms with Gasteiger partial charge in [-0.1, -0.05) is 18.5 Å². The number of aliphatic hydroxyl groups is 1. The Morgan fingerprint density at radius 1 is 1.42 bits per heavy atom. The summed E-state index contributed by atoms with van der Waals surface area (Å²) in [6, 6.07) is 3.93. The van der Waals surface area contributed by atoms with Gasteiger partial charge in [0, 0.05) is 12.3 Å². The van der Waals surface area contributed by atoms with Gasteiger partial charge in [-0.05, 0) is 25.5 Å². The van der Waals surface area contributed by atoms with Crippen LogP contribution in [0.3, 0.4) is 0 Å². The minimum atomic E-state index is -3.48. The van der Waals surface area contributed by atoms with E-state index in [9.17, 15) is 18.3 Å². The minimum Gasteiger partial charge on any atom is -0.394 e. The molecule has 2 amide bonds. The molecule has 0 radical (unpaired) electrons. The average molecular weight is 419 g/mol. The van der Waals surface area contributed by atoms with E-state index < -0.39 is 26.3 Å². The number of halogens is 1. The minimum absolute atomic E-state index is 0.0391. The van der Waals surface area contributed by atoms with E-state index in [-0.39, 0.29) is 22.6 Å². The Labute approximate surface area is 160 Å². The number of aromatic nitrogens is 1. The van der Waals surface area contributed by atoms with Crippen LogP contribution < -0.4 is 10.6 Å². The number of anilines is 1. The van der Waals surface area contributed by atoms with Gasteiger partial charge in [0.15, 0.2) is 20.1 Å². The second-order valence-electron chi connectivity index (χ2n) is 5.76. The van der Waals surface area contributed by atoms with Crippen LogP contribution in [-0.4, -0.2) is 43.4 Å². The number of aryl methyl sites for hydroxylation is 1. The second-order valence-corrected chi connectivity index (χ2v) is 9.93. The van der Waals surface area contributed by atoms with Crippen LogP contribution in [0.25, 0.3) is 4.90 Å². The number of sulfone groups is 1. The molecule has 1 aromatic heterocycles. The predicted molar refractivity (Wildman–Crippen MR) is 104 cm³/mol. The summed E-state index contributed by atoms with van der Waals surface area (Å²) in [5.74, 6) is 0. The molecule has 7 nitrogen and oxygen atoms in total. The first-order valence-corrected chi connectivity index (χ1v) is 11.4. The number of nitrogens with one attached hydrogen (secondary N) is 2. The summed E-state index contributed by atoms with van der Waals surface area (Å²) in [6.07, 6.45) is 1.69. The largest absolute Gasteiger partial charge is 0.394 e. The van der Waals surface area contributed by atoms with E-state index in [0.29, 0.717) is 22.1 Å². The fraction of sp³-hybridized carbons (Fsp3) is 0.375. The number of thiazole rings is 1. The van der Waals surface area contributed by atoms with Crippen LogP contribution in [0.1, 0.15) is 19.0 Å². The maximum absolute atomic E-state index is 12.1. The third-order valence-electron chi connectivity index (χ3n) is 3.60. The van der Waals surface area contributed by atoms with Gasteiger partial charge < -0.3 is 10.4 Å². The van der Waals surface area contributed by atoms with Gasteiger partial charge in [0.25, 0.3) is 0 Å². The highest BCUT2D eigenvalue weighted by atomic mass is 35.5. The van der Waals surface area contributed by atoms with Gasteiger partial charge in [-0.3, -0.25) is 0 Å². The molecule has 0 saturated heterocycles. The molecule has 26 heavy (non-hydrogen) atoms. The smallest absolute Gasteiger partial charge is 0.353 e. The number of carbonyl (C=O) groups excluding carboxylic acids is 1. The topological polar surface area (TPSA) is 108 Å². The Morgan fingerprint density at radius 2 is 2.12 bits per heavy atom. The molecule has 142 valence electrons. The molecule has 0 fully saturated rings. The van der Waals surface area contributed by atoms with Gasteiger partial charge in [0.2, 0.25) is 0 Å². The van der Waals surface area contributed by atoms with Gasteiger partial charge in [-0.25, -0.2) is 18.5 Å². The first-order valence-electron chi connectivity index (χ1n) is 7.84. The maximum Gasteiger partial charge on any atom is 0.353 e. The Balaban J connectivity index is 2.37. The summed E-state index contributed by atoms with van der Waals surface area (Å²) in [4.78, 5) is 17.2. The molecular weight excluding hydrogens is 398 g/mol. The molecule has 0 aliphatic rings. The number of benzene rings is 1. The Hall–Kier alpha value is -1.68. The van der Waals surface area contributed by atoms with Crippen LogP contribution in [-0.2, 0) is 9.84 Å². The molecule has 2 atom stereocenters. The predicted octanol–water partition coefficient (Wildman–Crippen LogP) is 3.08. The second kappa shape index (κ2) is 8.34. The Kier molecular flexibility index (Phi) is 6.62. The zero-order valence-electron chi connectivity index (χ0n) is 14.6. The van der Waals surface area contributed by atoms with Crippen LogP contribution in [0.4, 0.5) is 9.93 Å². The average Bonchev–Trinajstić information content (AvgIpc) is 2.92. The summed E-state index contributed by atoms with van der Waals surface area (Å²) in [6.45, 7) is 3.49. The number of nitrogens with zero attached hydrogens (tertiary/aromatic N) is 1. The van der Waals surface area contributed by atoms with Gasteiger partial charge >= 0.3 is 11.2 Å². The van der Waals surface area contributed by atoms with Gasteiger partial charge in [0.1, 0.15) is 0 Å². The maximum atomic E-state index is 12.1. The SMILES string of the molecule is CC[C@@H](CO)NC(=O)Nc1nc(C)c[s+]1-c1ccc(Cl)c(S(C)(=O)=O)c1. The molecule has 2 rings (SSSR count). The number of urea groups is 1. The van der Waals surface area contributed by atoms with E-state index in [0.717, 1.165) is 6.26 Å². The van der Waals surface area contributed by atoms with Crippen molar-refractivity contribution in [3.63, 3.8) is 0 Å². The number of carbonyl (C=O) groups is 1. The molecule has 2 aromatic rings. The number of aliphatic hydroxyl groups excluding tert-OH is 1. The van der Waals surface area contributed by atoms with Crippen LogP contribution >= 0.6 is 22.1 Å². The van der Waals surface area contributed by atoms with Crippen LogP contribution in [0.5, 0.6) is 0 Å². The lowest BCUT2D eigenvalue weighted by Gasteiger charge is -2.13. The summed E-state index contributed by atoms with van der Waals surface area (Å²) >= 11 is 6.00. The highest BCUT2D eigenvalue weighted by Gasteiger charge is 2.25. The van der Waals surface area contributed by atoms with E-state index in [2.05, 4.69) is 15.6 Å². The Bertz CT molecular complexity index is 908. The molecular formula is C16H21ClN3O4S2+. The third-order valence-corrected chi connectivity index (χ3v) is 7.13. The van der Waals surface area contributed by atoms with Crippen molar-refractivity contribution in [2.45, 2.75) is 31.2 Å². The standard InChI is InChI=1S/C16H20ClN3O4S2/c1-4-11(8-21)19-15(22)20-16-18-10(2)9-25(16)12-5-6-13(17)14(7-12)26(3,23)24/h5-7,9,11,21H,4,8H2,1-3H3,(H-,18,19,20,22)/p+1/t11-,25?/m0/s1. The highest BCUT2D eigenvalue weighted by Crippen LogP contribution is 2.41. The number of amides is 2. The first kappa shape index (κ1) is 20.6. The Morgan fingerprint density at radius 3 is 2.69 bits per heavy atom. The molecule has 0 bridgehead atoms. The fourth-order valence-corrected chi connectivity index (χ4v) is 5.37.